The fourth-order valence-electron chi connectivity index (χ4n) is 2.71. The van der Waals surface area contributed by atoms with E-state index in [0.29, 0.717) is 24.8 Å². The molecule has 30 heavy (non-hydrogen) atoms. The number of rotatable bonds is 6. The molecule has 0 fully saturated rings. The third-order valence-corrected chi connectivity index (χ3v) is 8.48. The van der Waals surface area contributed by atoms with Crippen LogP contribution in [-0.2, 0) is 15.6 Å². The van der Waals surface area contributed by atoms with Crippen molar-refractivity contribution in [3.05, 3.63) is 109 Å². The summed E-state index contributed by atoms with van der Waals surface area (Å²) in [5.74, 6) is -0.894. The summed E-state index contributed by atoms with van der Waals surface area (Å²) in [6, 6.07) is 19.8. The van der Waals surface area contributed by atoms with Crippen LogP contribution in [-0.4, -0.2) is 14.2 Å². The summed E-state index contributed by atoms with van der Waals surface area (Å²) < 4.78 is 28.0. The van der Waals surface area contributed by atoms with Gasteiger partial charge in [0.1, 0.15) is 4.91 Å². The molecule has 0 aliphatic carbocycles. The second-order valence-electron chi connectivity index (χ2n) is 6.37. The van der Waals surface area contributed by atoms with Crippen LogP contribution >= 0.6 is 61.7 Å². The van der Waals surface area contributed by atoms with Crippen molar-refractivity contribution in [2.45, 2.75) is 5.75 Å². The molecule has 3 rings (SSSR count). The number of hydrogen-bond donors (Lipinski definition) is 0. The predicted molar refractivity (Wildman–Crippen MR) is 135 cm³/mol. The Labute approximate surface area is 207 Å². The van der Waals surface area contributed by atoms with Gasteiger partial charge in [0, 0.05) is 23.7 Å². The van der Waals surface area contributed by atoms with Crippen LogP contribution in [0.2, 0.25) is 10.0 Å². The minimum atomic E-state index is -3.97. The fourth-order valence-corrected chi connectivity index (χ4v) is 6.40. The van der Waals surface area contributed by atoms with Gasteiger partial charge in [0.05, 0.1) is 5.75 Å². The standard InChI is InChI=1S/C22H14BrCl2IO3S/c23-17-7-3-15(4-8-17)20(26)22(21(27)16-5-11-19(25)12-6-16)30(28,29)13-14-1-9-18(24)10-2-14/h1-12H,13H2. The summed E-state index contributed by atoms with van der Waals surface area (Å²) in [6.07, 6.45) is 0. The highest BCUT2D eigenvalue weighted by molar-refractivity contribution is 14.1. The number of ketones is 1. The molecule has 0 radical (unpaired) electrons. The topological polar surface area (TPSA) is 51.2 Å². The number of benzene rings is 3. The van der Waals surface area contributed by atoms with Crippen molar-refractivity contribution in [1.29, 1.82) is 0 Å². The Morgan fingerprint density at radius 1 is 0.800 bits per heavy atom. The van der Waals surface area contributed by atoms with Crippen LogP contribution in [0.1, 0.15) is 21.5 Å². The molecule has 0 heterocycles. The zero-order valence-electron chi connectivity index (χ0n) is 15.3. The van der Waals surface area contributed by atoms with E-state index in [1.165, 1.54) is 12.1 Å². The van der Waals surface area contributed by atoms with Crippen molar-refractivity contribution in [2.75, 3.05) is 0 Å². The Kier molecular flexibility index (Phi) is 7.79. The smallest absolute Gasteiger partial charge is 0.205 e. The second kappa shape index (κ2) is 9.96. The molecule has 0 spiro atoms. The molecule has 0 saturated heterocycles. The molecule has 3 aromatic carbocycles. The van der Waals surface area contributed by atoms with Crippen molar-refractivity contribution in [1.82, 2.24) is 0 Å². The number of allylic oxidation sites excluding steroid dienone is 1. The van der Waals surface area contributed by atoms with Crippen LogP contribution in [0.3, 0.4) is 0 Å². The summed E-state index contributed by atoms with van der Waals surface area (Å²) in [6.45, 7) is 0. The second-order valence-corrected chi connectivity index (χ2v) is 11.2. The number of carbonyl (C=O) groups excluding carboxylic acids is 1. The van der Waals surface area contributed by atoms with Gasteiger partial charge in [-0.25, -0.2) is 8.42 Å². The maximum Gasteiger partial charge on any atom is 0.205 e. The molecule has 0 N–H and O–H groups in total. The zero-order valence-corrected chi connectivity index (χ0v) is 21.4. The molecule has 8 heteroatoms. The van der Waals surface area contributed by atoms with Crippen LogP contribution in [0.25, 0.3) is 3.58 Å². The van der Waals surface area contributed by atoms with E-state index in [4.69, 9.17) is 23.2 Å². The third-order valence-electron chi connectivity index (χ3n) is 4.19. The number of carbonyl (C=O) groups is 1. The Bertz CT molecular complexity index is 1200. The van der Waals surface area contributed by atoms with E-state index in [9.17, 15) is 13.2 Å². The number of halogens is 4. The van der Waals surface area contributed by atoms with Crippen molar-refractivity contribution in [3.63, 3.8) is 0 Å². The van der Waals surface area contributed by atoms with Crippen molar-refractivity contribution < 1.29 is 13.2 Å². The number of hydrogen-bond acceptors (Lipinski definition) is 3. The highest BCUT2D eigenvalue weighted by atomic mass is 127. The van der Waals surface area contributed by atoms with Gasteiger partial charge in [0.25, 0.3) is 0 Å². The van der Waals surface area contributed by atoms with Crippen LogP contribution < -0.4 is 0 Å². The first kappa shape index (κ1) is 23.5. The van der Waals surface area contributed by atoms with Gasteiger partial charge in [0.2, 0.25) is 5.78 Å². The molecular formula is C22H14BrCl2IO3S. The highest BCUT2D eigenvalue weighted by Gasteiger charge is 2.30. The van der Waals surface area contributed by atoms with Gasteiger partial charge in [-0.15, -0.1) is 0 Å². The van der Waals surface area contributed by atoms with Crippen LogP contribution in [0.15, 0.2) is 82.2 Å². The maximum atomic E-state index is 13.4. The van der Waals surface area contributed by atoms with Crippen molar-refractivity contribution in [2.24, 2.45) is 0 Å². The average Bonchev–Trinajstić information content (AvgIpc) is 2.70. The molecule has 0 bridgehead atoms. The summed E-state index contributed by atoms with van der Waals surface area (Å²) in [5.41, 5.74) is 1.43. The normalized spacial score (nSPS) is 12.4. The van der Waals surface area contributed by atoms with Crippen molar-refractivity contribution in [3.8, 4) is 0 Å². The van der Waals surface area contributed by atoms with Gasteiger partial charge >= 0.3 is 0 Å². The van der Waals surface area contributed by atoms with Gasteiger partial charge in [-0.2, -0.15) is 0 Å². The van der Waals surface area contributed by atoms with E-state index >= 15 is 0 Å². The van der Waals surface area contributed by atoms with E-state index in [1.54, 1.807) is 60.7 Å². The summed E-state index contributed by atoms with van der Waals surface area (Å²) in [4.78, 5) is 13.1. The lowest BCUT2D eigenvalue weighted by atomic mass is 10.1. The summed E-state index contributed by atoms with van der Waals surface area (Å²) in [5, 5.41) is 0.970. The fraction of sp³-hybridized carbons (Fsp3) is 0.0455. The molecule has 0 aromatic heterocycles. The van der Waals surface area contributed by atoms with Crippen molar-refractivity contribution >= 4 is 80.9 Å². The average molecular weight is 636 g/mol. The Balaban J connectivity index is 2.14. The molecule has 154 valence electrons. The summed E-state index contributed by atoms with van der Waals surface area (Å²) >= 11 is 17.1. The first-order valence-corrected chi connectivity index (χ1v) is 12.9. The van der Waals surface area contributed by atoms with E-state index in [1.807, 2.05) is 22.6 Å². The lowest BCUT2D eigenvalue weighted by Crippen LogP contribution is -2.17. The Hall–Kier alpha value is -1.19. The highest BCUT2D eigenvalue weighted by Crippen LogP contribution is 2.33. The number of Topliss-reactive ketones (excluding diaryl/α,β-unsaturated/α-hetero) is 1. The molecule has 0 atom stereocenters. The number of sulfone groups is 1. The van der Waals surface area contributed by atoms with Gasteiger partial charge < -0.3 is 0 Å². The molecular weight excluding hydrogens is 622 g/mol. The third kappa shape index (κ3) is 5.73. The zero-order chi connectivity index (χ0) is 21.9. The molecule has 3 nitrogen and oxygen atoms in total. The van der Waals surface area contributed by atoms with Gasteiger partial charge in [-0.3, -0.25) is 4.79 Å². The first-order valence-electron chi connectivity index (χ1n) is 8.60. The molecule has 3 aromatic rings. The van der Waals surface area contributed by atoms with Gasteiger partial charge in [-0.1, -0.05) is 63.4 Å². The SMILES string of the molecule is O=C(C(=C(I)c1ccc(Br)cc1)S(=O)(=O)Cc1ccc(Cl)cc1)c1ccc(Cl)cc1. The van der Waals surface area contributed by atoms with E-state index < -0.39 is 15.6 Å². The summed E-state index contributed by atoms with van der Waals surface area (Å²) in [7, 11) is -3.97. The molecule has 0 unspecified atom stereocenters. The molecule has 0 aliphatic heterocycles. The molecule has 0 aliphatic rings. The first-order chi connectivity index (χ1) is 14.2. The molecule has 0 amide bonds. The molecule has 0 saturated carbocycles. The van der Waals surface area contributed by atoms with E-state index in [0.717, 1.165) is 4.47 Å². The van der Waals surface area contributed by atoms with Gasteiger partial charge in [-0.05, 0) is 82.2 Å². The van der Waals surface area contributed by atoms with E-state index in [-0.39, 0.29) is 16.2 Å². The Morgan fingerprint density at radius 2 is 1.27 bits per heavy atom. The predicted octanol–water partition coefficient (Wildman–Crippen LogP) is 7.36. The largest absolute Gasteiger partial charge is 0.288 e. The van der Waals surface area contributed by atoms with Crippen LogP contribution in [0, 0.1) is 0 Å². The minimum absolute atomic E-state index is 0.248. The lowest BCUT2D eigenvalue weighted by Gasteiger charge is -2.13. The van der Waals surface area contributed by atoms with Crippen LogP contribution in [0.5, 0.6) is 0 Å². The lowest BCUT2D eigenvalue weighted by molar-refractivity contribution is 0.104. The minimum Gasteiger partial charge on any atom is -0.288 e. The Morgan fingerprint density at radius 3 is 1.80 bits per heavy atom. The monoisotopic (exact) mass is 634 g/mol. The van der Waals surface area contributed by atoms with E-state index in [2.05, 4.69) is 15.9 Å². The maximum absolute atomic E-state index is 13.4. The quantitative estimate of drug-likeness (QED) is 0.162. The van der Waals surface area contributed by atoms with Crippen LogP contribution in [0.4, 0.5) is 0 Å². The van der Waals surface area contributed by atoms with Gasteiger partial charge in [0.15, 0.2) is 9.84 Å².